The van der Waals surface area contributed by atoms with Crippen LogP contribution in [0.3, 0.4) is 0 Å². The summed E-state index contributed by atoms with van der Waals surface area (Å²) >= 11 is 0. The van der Waals surface area contributed by atoms with E-state index in [0.717, 1.165) is 19.3 Å². The topological polar surface area (TPSA) is 66.8 Å². The van der Waals surface area contributed by atoms with Gasteiger partial charge in [-0.05, 0) is 6.42 Å². The molecule has 4 nitrogen and oxygen atoms in total. The van der Waals surface area contributed by atoms with Gasteiger partial charge in [-0.1, -0.05) is 103 Å². The van der Waals surface area contributed by atoms with E-state index in [9.17, 15) is 4.57 Å². The number of hydrogen-bond acceptors (Lipinski definition) is 2. The van der Waals surface area contributed by atoms with Gasteiger partial charge in [0.2, 0.25) is 0 Å². The van der Waals surface area contributed by atoms with Crippen LogP contribution in [0.2, 0.25) is 0 Å². The molecule has 0 unspecified atom stereocenters. The van der Waals surface area contributed by atoms with Crippen molar-refractivity contribution >= 4 is 7.82 Å². The molecule has 0 aliphatic rings. The molecule has 0 fully saturated rings. The first-order chi connectivity index (χ1) is 11.1. The van der Waals surface area contributed by atoms with Gasteiger partial charge in [0.15, 0.2) is 0 Å². The SMILES string of the molecule is CCCCCCCCCCCCCCCCCCOP(=O)(O)O.[Fe]. The standard InChI is InChI=1S/C18H39O4P.Fe/c1-2-3-4-5-6-7-8-9-10-11-12-13-14-15-16-17-18-22-23(19,20)21;/h2-18H2,1H3,(H2,19,20,21);. The monoisotopic (exact) mass is 406 g/mol. The average Bonchev–Trinajstić information content (AvgIpc) is 2.49. The molecule has 0 saturated heterocycles. The Bertz CT molecular complexity index is 284. The van der Waals surface area contributed by atoms with E-state index in [1.807, 2.05) is 0 Å². The van der Waals surface area contributed by atoms with Crippen LogP contribution < -0.4 is 0 Å². The third-order valence-corrected chi connectivity index (χ3v) is 4.78. The first-order valence-electron chi connectivity index (χ1n) is 9.76. The Balaban J connectivity index is 0. The Morgan fingerprint density at radius 3 is 1.21 bits per heavy atom. The molecule has 0 saturated carbocycles. The van der Waals surface area contributed by atoms with Crippen LogP contribution in [0.25, 0.3) is 0 Å². The van der Waals surface area contributed by atoms with E-state index < -0.39 is 7.82 Å². The maximum Gasteiger partial charge on any atom is 0.469 e. The van der Waals surface area contributed by atoms with Crippen molar-refractivity contribution in [1.29, 1.82) is 0 Å². The third kappa shape index (κ3) is 24.9. The molecule has 0 atom stereocenters. The first-order valence-corrected chi connectivity index (χ1v) is 11.3. The molecular formula is C18H39FeO4P. The van der Waals surface area contributed by atoms with E-state index in [2.05, 4.69) is 11.4 Å². The maximum atomic E-state index is 10.5. The molecule has 0 amide bonds. The van der Waals surface area contributed by atoms with E-state index in [1.165, 1.54) is 83.5 Å². The molecule has 0 aromatic carbocycles. The Kier molecular flexibility index (Phi) is 22.3. The fourth-order valence-electron chi connectivity index (χ4n) is 2.83. The van der Waals surface area contributed by atoms with Gasteiger partial charge in [-0.3, -0.25) is 4.52 Å². The molecule has 0 radical (unpaired) electrons. The van der Waals surface area contributed by atoms with Crippen LogP contribution in [0.5, 0.6) is 0 Å². The molecule has 2 N–H and O–H groups in total. The smallest absolute Gasteiger partial charge is 0.303 e. The second-order valence-electron chi connectivity index (χ2n) is 6.63. The van der Waals surface area contributed by atoms with Crippen molar-refractivity contribution in [3.05, 3.63) is 0 Å². The Morgan fingerprint density at radius 2 is 0.917 bits per heavy atom. The van der Waals surface area contributed by atoms with Crippen molar-refractivity contribution in [2.75, 3.05) is 6.61 Å². The summed E-state index contributed by atoms with van der Waals surface area (Å²) in [5.41, 5.74) is 0. The minimum absolute atomic E-state index is 0. The van der Waals surface area contributed by atoms with Crippen LogP contribution in [-0.4, -0.2) is 16.4 Å². The van der Waals surface area contributed by atoms with Crippen molar-refractivity contribution in [3.63, 3.8) is 0 Å². The molecule has 0 aliphatic carbocycles. The van der Waals surface area contributed by atoms with Crippen LogP contribution in [0.1, 0.15) is 110 Å². The van der Waals surface area contributed by atoms with Crippen molar-refractivity contribution in [2.24, 2.45) is 0 Å². The summed E-state index contributed by atoms with van der Waals surface area (Å²) in [5, 5.41) is 0. The van der Waals surface area contributed by atoms with E-state index >= 15 is 0 Å². The van der Waals surface area contributed by atoms with E-state index in [-0.39, 0.29) is 23.7 Å². The summed E-state index contributed by atoms with van der Waals surface area (Å²) < 4.78 is 14.9. The Labute approximate surface area is 160 Å². The van der Waals surface area contributed by atoms with Crippen molar-refractivity contribution in [1.82, 2.24) is 0 Å². The number of hydrogen-bond donors (Lipinski definition) is 2. The van der Waals surface area contributed by atoms with Gasteiger partial charge in [0.05, 0.1) is 6.61 Å². The van der Waals surface area contributed by atoms with E-state index in [4.69, 9.17) is 9.79 Å². The second kappa shape index (κ2) is 19.9. The van der Waals surface area contributed by atoms with Crippen LogP contribution in [0.4, 0.5) is 0 Å². The van der Waals surface area contributed by atoms with E-state index in [0.29, 0.717) is 0 Å². The molecule has 0 aliphatic heterocycles. The number of phosphoric acid groups is 1. The quantitative estimate of drug-likeness (QED) is 0.158. The summed E-state index contributed by atoms with van der Waals surface area (Å²) in [6, 6.07) is 0. The Hall–Kier alpha value is 0.629. The van der Waals surface area contributed by atoms with Crippen molar-refractivity contribution < 1.29 is 35.9 Å². The van der Waals surface area contributed by atoms with Crippen LogP contribution in [0, 0.1) is 0 Å². The van der Waals surface area contributed by atoms with Gasteiger partial charge in [0.25, 0.3) is 0 Å². The normalized spacial score (nSPS) is 11.5. The molecular weight excluding hydrogens is 367 g/mol. The van der Waals surface area contributed by atoms with Crippen LogP contribution >= 0.6 is 7.82 Å². The summed E-state index contributed by atoms with van der Waals surface area (Å²) in [4.78, 5) is 17.1. The third-order valence-electron chi connectivity index (χ3n) is 4.26. The predicted octanol–water partition coefficient (Wildman–Crippen LogP) is 6.35. The minimum atomic E-state index is -4.26. The molecule has 6 heteroatoms. The van der Waals surface area contributed by atoms with Gasteiger partial charge < -0.3 is 9.79 Å². The Morgan fingerprint density at radius 1 is 0.625 bits per heavy atom. The molecule has 0 rings (SSSR count). The summed E-state index contributed by atoms with van der Waals surface area (Å²) in [5.74, 6) is 0. The zero-order valence-corrected chi connectivity index (χ0v) is 17.5. The maximum absolute atomic E-state index is 10.5. The molecule has 24 heavy (non-hydrogen) atoms. The zero-order valence-electron chi connectivity index (χ0n) is 15.5. The predicted molar refractivity (Wildman–Crippen MR) is 97.5 cm³/mol. The molecule has 0 aromatic rings. The van der Waals surface area contributed by atoms with Crippen molar-refractivity contribution in [2.45, 2.75) is 110 Å². The van der Waals surface area contributed by atoms with Gasteiger partial charge in [-0.25, -0.2) is 4.57 Å². The average molecular weight is 406 g/mol. The fourth-order valence-corrected chi connectivity index (χ4v) is 3.20. The van der Waals surface area contributed by atoms with Crippen LogP contribution in [-0.2, 0) is 26.2 Å². The van der Waals surface area contributed by atoms with Gasteiger partial charge in [-0.2, -0.15) is 0 Å². The van der Waals surface area contributed by atoms with Crippen LogP contribution in [0.15, 0.2) is 0 Å². The number of rotatable bonds is 18. The molecule has 0 spiro atoms. The number of unbranched alkanes of at least 4 members (excludes halogenated alkanes) is 15. The first kappa shape index (κ1) is 26.9. The van der Waals surface area contributed by atoms with Gasteiger partial charge in [-0.15, -0.1) is 0 Å². The van der Waals surface area contributed by atoms with Gasteiger partial charge in [0, 0.05) is 17.1 Å². The molecule has 0 heterocycles. The van der Waals surface area contributed by atoms with Gasteiger partial charge >= 0.3 is 7.82 Å². The summed E-state index contributed by atoms with van der Waals surface area (Å²) in [6.07, 6.45) is 20.7. The number of phosphoric ester groups is 1. The minimum Gasteiger partial charge on any atom is -0.303 e. The second-order valence-corrected chi connectivity index (χ2v) is 7.87. The molecule has 0 aromatic heterocycles. The van der Waals surface area contributed by atoms with Crippen molar-refractivity contribution in [3.8, 4) is 0 Å². The van der Waals surface area contributed by atoms with E-state index in [1.54, 1.807) is 0 Å². The fraction of sp³-hybridized carbons (Fsp3) is 1.00. The zero-order chi connectivity index (χ0) is 17.2. The summed E-state index contributed by atoms with van der Waals surface area (Å²) in [7, 11) is -4.26. The largest absolute Gasteiger partial charge is 0.469 e. The molecule has 148 valence electrons. The summed E-state index contributed by atoms with van der Waals surface area (Å²) in [6.45, 7) is 2.43. The molecule has 0 bridgehead atoms. The van der Waals surface area contributed by atoms with Gasteiger partial charge in [0.1, 0.15) is 0 Å².